The molecular weight excluding hydrogens is 226 g/mol. The number of rotatable bonds is 4. The molecule has 0 fully saturated rings. The van der Waals surface area contributed by atoms with Crippen LogP contribution in [0.1, 0.15) is 12.5 Å². The zero-order chi connectivity index (χ0) is 12.8. The molecule has 1 heterocycles. The minimum absolute atomic E-state index is 0.0947. The summed E-state index contributed by atoms with van der Waals surface area (Å²) in [7, 11) is 0. The Morgan fingerprint density at radius 1 is 1.17 bits per heavy atom. The van der Waals surface area contributed by atoms with Crippen LogP contribution < -0.4 is 10.4 Å². The van der Waals surface area contributed by atoms with Crippen molar-refractivity contribution in [2.24, 2.45) is 0 Å². The first-order chi connectivity index (χ1) is 8.75. The summed E-state index contributed by atoms with van der Waals surface area (Å²) in [5.74, 6) is -0.0947. The van der Waals surface area contributed by atoms with Crippen LogP contribution in [0.15, 0.2) is 54.9 Å². The van der Waals surface area contributed by atoms with Crippen LogP contribution in [0, 0.1) is 0 Å². The van der Waals surface area contributed by atoms with Gasteiger partial charge in [0.15, 0.2) is 0 Å². The van der Waals surface area contributed by atoms with Gasteiger partial charge < -0.3 is 0 Å². The first-order valence-corrected chi connectivity index (χ1v) is 5.74. The Labute approximate surface area is 106 Å². The number of carbonyl (C=O) groups is 1. The van der Waals surface area contributed by atoms with Crippen molar-refractivity contribution in [2.45, 2.75) is 13.5 Å². The van der Waals surface area contributed by atoms with E-state index in [1.165, 1.54) is 6.92 Å². The molecule has 92 valence electrons. The summed E-state index contributed by atoms with van der Waals surface area (Å²) in [5.41, 5.74) is 4.85. The van der Waals surface area contributed by atoms with Gasteiger partial charge in [-0.3, -0.25) is 20.2 Å². The third kappa shape index (κ3) is 3.31. The van der Waals surface area contributed by atoms with Gasteiger partial charge >= 0.3 is 0 Å². The lowest BCUT2D eigenvalue weighted by Crippen LogP contribution is -2.40. The van der Waals surface area contributed by atoms with Crippen molar-refractivity contribution in [3.05, 3.63) is 60.4 Å². The Hall–Kier alpha value is -2.36. The molecule has 4 heteroatoms. The molecule has 4 nitrogen and oxygen atoms in total. The average molecular weight is 241 g/mol. The molecule has 0 radical (unpaired) electrons. The van der Waals surface area contributed by atoms with Crippen LogP contribution in [0.4, 0.5) is 5.69 Å². The molecule has 0 aliphatic heterocycles. The largest absolute Gasteiger partial charge is 0.281 e. The van der Waals surface area contributed by atoms with E-state index in [9.17, 15) is 4.79 Å². The van der Waals surface area contributed by atoms with Crippen molar-refractivity contribution < 1.29 is 4.79 Å². The molecule has 0 aliphatic rings. The molecule has 18 heavy (non-hydrogen) atoms. The van der Waals surface area contributed by atoms with E-state index >= 15 is 0 Å². The molecule has 0 atom stereocenters. The van der Waals surface area contributed by atoms with Gasteiger partial charge in [-0.1, -0.05) is 30.3 Å². The monoisotopic (exact) mass is 241 g/mol. The number of nitrogens with zero attached hydrogens (tertiary/aromatic N) is 2. The minimum Gasteiger partial charge on any atom is -0.281 e. The molecule has 2 aromatic rings. The van der Waals surface area contributed by atoms with Crippen LogP contribution in [0.3, 0.4) is 0 Å². The maximum absolute atomic E-state index is 11.2. The number of nitrogens with one attached hydrogen (secondary N) is 1. The fraction of sp³-hybridized carbons (Fsp3) is 0.143. The number of benzene rings is 1. The summed E-state index contributed by atoms with van der Waals surface area (Å²) in [4.78, 5) is 15.2. The van der Waals surface area contributed by atoms with Crippen molar-refractivity contribution in [2.75, 3.05) is 5.01 Å². The smallest absolute Gasteiger partial charge is 0.235 e. The predicted octanol–water partition coefficient (Wildman–Crippen LogP) is 2.14. The Balaban J connectivity index is 2.18. The van der Waals surface area contributed by atoms with Crippen LogP contribution in [-0.2, 0) is 11.3 Å². The quantitative estimate of drug-likeness (QED) is 0.834. The van der Waals surface area contributed by atoms with Crippen LogP contribution in [-0.4, -0.2) is 10.9 Å². The summed E-state index contributed by atoms with van der Waals surface area (Å²) < 4.78 is 0. The zero-order valence-electron chi connectivity index (χ0n) is 10.2. The lowest BCUT2D eigenvalue weighted by atomic mass is 10.2. The lowest BCUT2D eigenvalue weighted by molar-refractivity contribution is -0.119. The van der Waals surface area contributed by atoms with Gasteiger partial charge in [0, 0.05) is 19.3 Å². The number of anilines is 1. The van der Waals surface area contributed by atoms with E-state index in [1.807, 2.05) is 42.5 Å². The van der Waals surface area contributed by atoms with Crippen molar-refractivity contribution in [1.82, 2.24) is 10.4 Å². The summed E-state index contributed by atoms with van der Waals surface area (Å²) in [6.45, 7) is 2.11. The number of carbonyl (C=O) groups excluding carboxylic acids is 1. The van der Waals surface area contributed by atoms with Gasteiger partial charge in [0.25, 0.3) is 0 Å². The Morgan fingerprint density at radius 3 is 2.44 bits per heavy atom. The Morgan fingerprint density at radius 2 is 1.83 bits per heavy atom. The molecule has 0 aliphatic carbocycles. The molecule has 0 spiro atoms. The highest BCUT2D eigenvalue weighted by molar-refractivity contribution is 5.75. The molecule has 0 saturated heterocycles. The van der Waals surface area contributed by atoms with E-state index in [0.29, 0.717) is 6.54 Å². The Bertz CT molecular complexity index is 499. The summed E-state index contributed by atoms with van der Waals surface area (Å²) in [6.07, 6.45) is 3.41. The second-order valence-electron chi connectivity index (χ2n) is 3.95. The summed E-state index contributed by atoms with van der Waals surface area (Å²) in [5, 5.41) is 1.80. The van der Waals surface area contributed by atoms with Crippen LogP contribution in [0.2, 0.25) is 0 Å². The van der Waals surface area contributed by atoms with Crippen molar-refractivity contribution >= 4 is 11.6 Å². The van der Waals surface area contributed by atoms with Crippen molar-refractivity contribution in [3.63, 3.8) is 0 Å². The molecule has 2 rings (SSSR count). The maximum Gasteiger partial charge on any atom is 0.235 e. The van der Waals surface area contributed by atoms with E-state index in [4.69, 9.17) is 0 Å². The van der Waals surface area contributed by atoms with Gasteiger partial charge in [0.1, 0.15) is 0 Å². The third-order valence-corrected chi connectivity index (χ3v) is 2.45. The van der Waals surface area contributed by atoms with Gasteiger partial charge in [-0.25, -0.2) is 0 Å². The van der Waals surface area contributed by atoms with E-state index < -0.39 is 0 Å². The predicted molar refractivity (Wildman–Crippen MR) is 70.7 cm³/mol. The average Bonchev–Trinajstić information content (AvgIpc) is 2.40. The number of hydrogen-bond donors (Lipinski definition) is 1. The highest BCUT2D eigenvalue weighted by atomic mass is 16.2. The minimum atomic E-state index is -0.0947. The van der Waals surface area contributed by atoms with Gasteiger partial charge in [-0.15, -0.1) is 0 Å². The van der Waals surface area contributed by atoms with Gasteiger partial charge in [-0.2, -0.15) is 0 Å². The maximum atomic E-state index is 11.2. The fourth-order valence-corrected chi connectivity index (χ4v) is 1.68. The summed E-state index contributed by atoms with van der Waals surface area (Å²) >= 11 is 0. The highest BCUT2D eigenvalue weighted by Crippen LogP contribution is 2.13. The number of amides is 1. The summed E-state index contributed by atoms with van der Waals surface area (Å²) in [6, 6.07) is 13.7. The van der Waals surface area contributed by atoms with E-state index in [1.54, 1.807) is 17.4 Å². The first-order valence-electron chi connectivity index (χ1n) is 5.74. The number of hydrazine groups is 1. The van der Waals surface area contributed by atoms with Gasteiger partial charge in [-0.05, 0) is 17.7 Å². The van der Waals surface area contributed by atoms with Crippen LogP contribution in [0.5, 0.6) is 0 Å². The molecule has 0 unspecified atom stereocenters. The van der Waals surface area contributed by atoms with E-state index in [2.05, 4.69) is 10.4 Å². The number of pyridine rings is 1. The number of aromatic nitrogens is 1. The normalized spacial score (nSPS) is 9.83. The SMILES string of the molecule is CC(=O)NN(Cc1ccccc1)c1ccncc1. The fourth-order valence-electron chi connectivity index (χ4n) is 1.68. The van der Waals surface area contributed by atoms with E-state index in [0.717, 1.165) is 11.3 Å². The standard InChI is InChI=1S/C14H15N3O/c1-12(18)16-17(14-7-9-15-10-8-14)11-13-5-3-2-4-6-13/h2-10H,11H2,1H3,(H,16,18). The second-order valence-corrected chi connectivity index (χ2v) is 3.95. The third-order valence-electron chi connectivity index (χ3n) is 2.45. The van der Waals surface area contributed by atoms with Gasteiger partial charge in [0.2, 0.25) is 5.91 Å². The van der Waals surface area contributed by atoms with Crippen molar-refractivity contribution in [3.8, 4) is 0 Å². The highest BCUT2D eigenvalue weighted by Gasteiger charge is 2.08. The zero-order valence-corrected chi connectivity index (χ0v) is 10.2. The molecule has 0 saturated carbocycles. The van der Waals surface area contributed by atoms with Gasteiger partial charge in [0.05, 0.1) is 12.2 Å². The molecular formula is C14H15N3O. The molecule has 1 aromatic carbocycles. The second kappa shape index (κ2) is 5.82. The molecule has 0 bridgehead atoms. The van der Waals surface area contributed by atoms with Crippen LogP contribution >= 0.6 is 0 Å². The number of hydrogen-bond acceptors (Lipinski definition) is 3. The lowest BCUT2D eigenvalue weighted by Gasteiger charge is -2.24. The Kier molecular flexibility index (Phi) is 3.91. The molecule has 1 amide bonds. The first kappa shape index (κ1) is 12.1. The van der Waals surface area contributed by atoms with Crippen LogP contribution in [0.25, 0.3) is 0 Å². The molecule has 1 aromatic heterocycles. The molecule has 1 N–H and O–H groups in total. The van der Waals surface area contributed by atoms with Crippen molar-refractivity contribution in [1.29, 1.82) is 0 Å². The van der Waals surface area contributed by atoms with E-state index in [-0.39, 0.29) is 5.91 Å². The topological polar surface area (TPSA) is 45.2 Å².